The minimum atomic E-state index is -0.574. The molecule has 3 aromatic rings. The molecule has 7 nitrogen and oxygen atoms in total. The van der Waals surface area contributed by atoms with Crippen molar-refractivity contribution < 1.29 is 28.5 Å². The van der Waals surface area contributed by atoms with E-state index in [1.165, 1.54) is 0 Å². The third-order valence-corrected chi connectivity index (χ3v) is 6.71. The monoisotopic (exact) mass is 421 g/mol. The van der Waals surface area contributed by atoms with Crippen molar-refractivity contribution in [2.24, 2.45) is 11.8 Å². The Hall–Kier alpha value is -3.19. The number of benzene rings is 2. The SMILES string of the molecule is O=C(c1cccc2ccoc12)N1C[C@H]2C[C@@H](Oc3ccc4c(c3)OCO4)[C@H](O)C[C@H]2C1. The van der Waals surface area contributed by atoms with Crippen LogP contribution in [-0.2, 0) is 0 Å². The van der Waals surface area contributed by atoms with Crippen LogP contribution < -0.4 is 14.2 Å². The molecule has 1 aliphatic carbocycles. The van der Waals surface area contributed by atoms with Gasteiger partial charge in [0.1, 0.15) is 17.4 Å². The van der Waals surface area contributed by atoms with Crippen LogP contribution in [0.3, 0.4) is 0 Å². The van der Waals surface area contributed by atoms with Crippen LogP contribution in [0.4, 0.5) is 0 Å². The topological polar surface area (TPSA) is 81.4 Å². The van der Waals surface area contributed by atoms with Gasteiger partial charge in [-0.3, -0.25) is 4.79 Å². The number of para-hydroxylation sites is 1. The lowest BCUT2D eigenvalue weighted by molar-refractivity contribution is -0.0232. The molecule has 0 bridgehead atoms. The van der Waals surface area contributed by atoms with Crippen LogP contribution in [0.25, 0.3) is 11.0 Å². The maximum Gasteiger partial charge on any atom is 0.257 e. The molecule has 3 heterocycles. The third-order valence-electron chi connectivity index (χ3n) is 6.71. The summed E-state index contributed by atoms with van der Waals surface area (Å²) in [6.45, 7) is 1.52. The molecule has 7 heteroatoms. The first kappa shape index (κ1) is 18.6. The zero-order valence-corrected chi connectivity index (χ0v) is 16.9. The average Bonchev–Trinajstić information content (AvgIpc) is 3.51. The van der Waals surface area contributed by atoms with E-state index in [2.05, 4.69) is 0 Å². The summed E-state index contributed by atoms with van der Waals surface area (Å²) in [6, 6.07) is 13.0. The molecule has 31 heavy (non-hydrogen) atoms. The van der Waals surface area contributed by atoms with E-state index < -0.39 is 6.10 Å². The largest absolute Gasteiger partial charge is 0.488 e. The van der Waals surface area contributed by atoms with Crippen molar-refractivity contribution in [2.45, 2.75) is 25.0 Å². The van der Waals surface area contributed by atoms with E-state index in [1.807, 2.05) is 41.3 Å². The van der Waals surface area contributed by atoms with E-state index in [0.29, 0.717) is 60.2 Å². The number of rotatable bonds is 3. The van der Waals surface area contributed by atoms with Crippen LogP contribution >= 0.6 is 0 Å². The highest BCUT2D eigenvalue weighted by molar-refractivity contribution is 6.04. The first-order chi connectivity index (χ1) is 15.2. The smallest absolute Gasteiger partial charge is 0.257 e. The molecule has 3 aliphatic rings. The molecule has 1 saturated carbocycles. The molecule has 4 atom stereocenters. The molecule has 2 aromatic carbocycles. The highest BCUT2D eigenvalue weighted by Gasteiger charge is 2.44. The number of nitrogens with zero attached hydrogens (tertiary/aromatic N) is 1. The van der Waals surface area contributed by atoms with Crippen molar-refractivity contribution in [3.8, 4) is 17.2 Å². The van der Waals surface area contributed by atoms with Crippen LogP contribution in [0.1, 0.15) is 23.2 Å². The quantitative estimate of drug-likeness (QED) is 0.698. The Morgan fingerprint density at radius 1 is 1.03 bits per heavy atom. The highest BCUT2D eigenvalue weighted by atomic mass is 16.7. The Kier molecular flexibility index (Phi) is 4.31. The fourth-order valence-corrected chi connectivity index (χ4v) is 5.14. The number of hydrogen-bond donors (Lipinski definition) is 1. The summed E-state index contributed by atoms with van der Waals surface area (Å²) in [5.41, 5.74) is 1.22. The summed E-state index contributed by atoms with van der Waals surface area (Å²) in [5, 5.41) is 11.7. The van der Waals surface area contributed by atoms with Gasteiger partial charge in [0.05, 0.1) is 17.9 Å². The number of furan rings is 1. The average molecular weight is 421 g/mol. The van der Waals surface area contributed by atoms with Gasteiger partial charge in [-0.15, -0.1) is 0 Å². The summed E-state index contributed by atoms with van der Waals surface area (Å²) in [4.78, 5) is 15.1. The van der Waals surface area contributed by atoms with E-state index in [9.17, 15) is 9.90 Å². The molecular weight excluding hydrogens is 398 g/mol. The van der Waals surface area contributed by atoms with E-state index in [-0.39, 0.29) is 24.7 Å². The number of amides is 1. The Labute approximate surface area is 179 Å². The second kappa shape index (κ2) is 7.20. The fourth-order valence-electron chi connectivity index (χ4n) is 5.14. The molecule has 160 valence electrons. The minimum absolute atomic E-state index is 0.0160. The number of ether oxygens (including phenoxy) is 3. The van der Waals surface area contributed by atoms with Gasteiger partial charge in [-0.1, -0.05) is 12.1 Å². The number of aliphatic hydroxyl groups excluding tert-OH is 1. The Bertz CT molecular complexity index is 1140. The van der Waals surface area contributed by atoms with Gasteiger partial charge >= 0.3 is 0 Å². The van der Waals surface area contributed by atoms with Gasteiger partial charge in [0.25, 0.3) is 5.91 Å². The molecule has 1 N–H and O–H groups in total. The molecule has 0 spiro atoms. The van der Waals surface area contributed by atoms with Crippen LogP contribution in [0.2, 0.25) is 0 Å². The van der Waals surface area contributed by atoms with Crippen LogP contribution in [0.5, 0.6) is 17.2 Å². The predicted molar refractivity (Wildman–Crippen MR) is 111 cm³/mol. The first-order valence-corrected chi connectivity index (χ1v) is 10.7. The number of carbonyl (C=O) groups excluding carboxylic acids is 1. The molecular formula is C24H23NO6. The summed E-state index contributed by atoms with van der Waals surface area (Å²) < 4.78 is 22.4. The van der Waals surface area contributed by atoms with Gasteiger partial charge in [0.15, 0.2) is 11.5 Å². The maximum absolute atomic E-state index is 13.2. The lowest BCUT2D eigenvalue weighted by atomic mass is 9.78. The molecule has 1 aromatic heterocycles. The van der Waals surface area contributed by atoms with Crippen molar-refractivity contribution in [1.82, 2.24) is 4.90 Å². The van der Waals surface area contributed by atoms with Crippen molar-refractivity contribution in [3.63, 3.8) is 0 Å². The molecule has 2 fully saturated rings. The summed E-state index contributed by atoms with van der Waals surface area (Å²) in [6.07, 6.45) is 2.05. The summed E-state index contributed by atoms with van der Waals surface area (Å²) >= 11 is 0. The van der Waals surface area contributed by atoms with Gasteiger partial charge in [0.2, 0.25) is 6.79 Å². The van der Waals surface area contributed by atoms with Crippen molar-refractivity contribution in [3.05, 3.63) is 54.3 Å². The van der Waals surface area contributed by atoms with Crippen molar-refractivity contribution in [2.75, 3.05) is 19.9 Å². The lowest BCUT2D eigenvalue weighted by Crippen LogP contribution is -2.42. The van der Waals surface area contributed by atoms with E-state index in [1.54, 1.807) is 12.3 Å². The molecule has 2 aliphatic heterocycles. The third kappa shape index (κ3) is 3.20. The molecule has 1 amide bonds. The predicted octanol–water partition coefficient (Wildman–Crippen LogP) is 3.45. The minimum Gasteiger partial charge on any atom is -0.488 e. The van der Waals surface area contributed by atoms with Crippen molar-refractivity contribution in [1.29, 1.82) is 0 Å². The molecule has 0 unspecified atom stereocenters. The zero-order valence-electron chi connectivity index (χ0n) is 16.9. The zero-order chi connectivity index (χ0) is 20.9. The number of likely N-dealkylation sites (tertiary alicyclic amines) is 1. The number of fused-ring (bicyclic) bond motifs is 3. The summed E-state index contributed by atoms with van der Waals surface area (Å²) in [5.74, 6) is 2.56. The Balaban J connectivity index is 1.16. The van der Waals surface area contributed by atoms with Gasteiger partial charge in [-0.25, -0.2) is 0 Å². The standard InChI is InChI=1S/C24H23NO6/c26-19-8-15-11-25(24(27)18-3-1-2-14-6-7-28-23(14)18)12-16(15)9-21(19)31-17-4-5-20-22(10-17)30-13-29-20/h1-7,10,15-16,19,21,26H,8-9,11-13H2/t15-,16+,19+,21+/m0/s1. The van der Waals surface area contributed by atoms with E-state index in [0.717, 1.165) is 5.39 Å². The maximum atomic E-state index is 13.2. The van der Waals surface area contributed by atoms with Crippen LogP contribution in [0.15, 0.2) is 53.1 Å². The van der Waals surface area contributed by atoms with Gasteiger partial charge < -0.3 is 28.6 Å². The number of aliphatic hydroxyl groups is 1. The molecule has 1 saturated heterocycles. The Morgan fingerprint density at radius 3 is 2.77 bits per heavy atom. The van der Waals surface area contributed by atoms with E-state index >= 15 is 0 Å². The number of hydrogen-bond acceptors (Lipinski definition) is 6. The van der Waals surface area contributed by atoms with Gasteiger partial charge in [-0.05, 0) is 48.9 Å². The first-order valence-electron chi connectivity index (χ1n) is 10.7. The van der Waals surface area contributed by atoms with Gasteiger partial charge in [0, 0.05) is 24.5 Å². The molecule has 6 rings (SSSR count). The Morgan fingerprint density at radius 2 is 1.87 bits per heavy atom. The highest BCUT2D eigenvalue weighted by Crippen LogP contribution is 2.40. The summed E-state index contributed by atoms with van der Waals surface area (Å²) in [7, 11) is 0. The molecule has 0 radical (unpaired) electrons. The van der Waals surface area contributed by atoms with Crippen LogP contribution in [-0.4, -0.2) is 48.0 Å². The lowest BCUT2D eigenvalue weighted by Gasteiger charge is -2.35. The van der Waals surface area contributed by atoms with E-state index in [4.69, 9.17) is 18.6 Å². The van der Waals surface area contributed by atoms with Crippen LogP contribution in [0, 0.1) is 11.8 Å². The van der Waals surface area contributed by atoms with Crippen molar-refractivity contribution >= 4 is 16.9 Å². The number of carbonyl (C=O) groups is 1. The fraction of sp³-hybridized carbons (Fsp3) is 0.375. The second-order valence-electron chi connectivity index (χ2n) is 8.58. The second-order valence-corrected chi connectivity index (χ2v) is 8.58. The normalized spacial score (nSPS) is 26.8. The van der Waals surface area contributed by atoms with Gasteiger partial charge in [-0.2, -0.15) is 0 Å².